The molecular formula is C10H16O5. The summed E-state index contributed by atoms with van der Waals surface area (Å²) in [7, 11) is 0. The van der Waals surface area contributed by atoms with Gasteiger partial charge in [0, 0.05) is 25.2 Å². The molecule has 0 heterocycles. The zero-order chi connectivity index (χ0) is 11.7. The quantitative estimate of drug-likeness (QED) is 0.484. The molecule has 0 aliphatic heterocycles. The first kappa shape index (κ1) is 13.6. The molecule has 0 aliphatic rings. The minimum Gasteiger partial charge on any atom is -0.478 e. The average Bonchev–Trinajstić information content (AvgIpc) is 2.15. The van der Waals surface area contributed by atoms with Gasteiger partial charge in [-0.25, -0.2) is 9.59 Å². The van der Waals surface area contributed by atoms with E-state index in [9.17, 15) is 9.59 Å². The Morgan fingerprint density at radius 2 is 2.00 bits per heavy atom. The third kappa shape index (κ3) is 7.69. The van der Waals surface area contributed by atoms with E-state index in [-0.39, 0.29) is 12.7 Å². The highest BCUT2D eigenvalue weighted by atomic mass is 16.5. The number of carboxylic acid groups (broad SMARTS) is 1. The summed E-state index contributed by atoms with van der Waals surface area (Å²) in [5.41, 5.74) is 0. The Kier molecular flexibility index (Phi) is 7.27. The summed E-state index contributed by atoms with van der Waals surface area (Å²) in [5.74, 6) is -1.88. The molecule has 0 aliphatic carbocycles. The van der Waals surface area contributed by atoms with Crippen LogP contribution in [0, 0.1) is 0 Å². The maximum atomic E-state index is 11.1. The molecule has 0 aromatic heterocycles. The zero-order valence-electron chi connectivity index (χ0n) is 8.68. The highest BCUT2D eigenvalue weighted by Crippen LogP contribution is 2.06. The Balaban J connectivity index is 4.04. The summed E-state index contributed by atoms with van der Waals surface area (Å²) in [6.07, 6.45) is 3.12. The Morgan fingerprint density at radius 1 is 1.33 bits per heavy atom. The van der Waals surface area contributed by atoms with Gasteiger partial charge >= 0.3 is 11.9 Å². The maximum absolute atomic E-state index is 11.1. The van der Waals surface area contributed by atoms with Gasteiger partial charge in [0.25, 0.3) is 0 Å². The number of aliphatic hydroxyl groups excluding tert-OH is 1. The Morgan fingerprint density at radius 3 is 2.47 bits per heavy atom. The lowest BCUT2D eigenvalue weighted by atomic mass is 10.1. The lowest BCUT2D eigenvalue weighted by molar-refractivity contribution is -0.144. The molecule has 0 bridgehead atoms. The third-order valence-corrected chi connectivity index (χ3v) is 1.71. The summed E-state index contributed by atoms with van der Waals surface area (Å²) >= 11 is 0. The van der Waals surface area contributed by atoms with E-state index in [1.54, 1.807) is 0 Å². The van der Waals surface area contributed by atoms with Crippen molar-refractivity contribution in [3.8, 4) is 0 Å². The number of ether oxygens (including phenoxy) is 1. The molecule has 5 heteroatoms. The van der Waals surface area contributed by atoms with E-state index >= 15 is 0 Å². The van der Waals surface area contributed by atoms with Crippen LogP contribution in [0.25, 0.3) is 0 Å². The Labute approximate surface area is 88.4 Å². The Bertz CT molecular complexity index is 228. The number of carboxylic acids is 1. The van der Waals surface area contributed by atoms with E-state index in [1.807, 2.05) is 6.92 Å². The maximum Gasteiger partial charge on any atom is 0.331 e. The van der Waals surface area contributed by atoms with Crippen LogP contribution in [-0.2, 0) is 14.3 Å². The number of aliphatic hydroxyl groups is 1. The first-order valence-electron chi connectivity index (χ1n) is 4.82. The smallest absolute Gasteiger partial charge is 0.331 e. The number of hydrogen-bond acceptors (Lipinski definition) is 4. The van der Waals surface area contributed by atoms with E-state index in [2.05, 4.69) is 0 Å². The van der Waals surface area contributed by atoms with Crippen LogP contribution in [0.4, 0.5) is 0 Å². The molecule has 86 valence electrons. The summed E-state index contributed by atoms with van der Waals surface area (Å²) in [6, 6.07) is 0. The van der Waals surface area contributed by atoms with Gasteiger partial charge in [0.05, 0.1) is 0 Å². The van der Waals surface area contributed by atoms with Crippen LogP contribution in [0.5, 0.6) is 0 Å². The fraction of sp³-hybridized carbons (Fsp3) is 0.600. The van der Waals surface area contributed by atoms with E-state index in [4.69, 9.17) is 14.9 Å². The van der Waals surface area contributed by atoms with Crippen LogP contribution in [-0.4, -0.2) is 34.9 Å². The topological polar surface area (TPSA) is 83.8 Å². The highest BCUT2D eigenvalue weighted by Gasteiger charge is 2.11. The second-order valence-corrected chi connectivity index (χ2v) is 3.03. The largest absolute Gasteiger partial charge is 0.478 e. The molecule has 0 aromatic carbocycles. The number of carbonyl (C=O) groups excluding carboxylic acids is 1. The van der Waals surface area contributed by atoms with Crippen molar-refractivity contribution in [2.75, 3.05) is 6.61 Å². The van der Waals surface area contributed by atoms with Crippen molar-refractivity contribution in [1.29, 1.82) is 0 Å². The van der Waals surface area contributed by atoms with Crippen LogP contribution < -0.4 is 0 Å². The minimum atomic E-state index is -1.19. The summed E-state index contributed by atoms with van der Waals surface area (Å²) in [4.78, 5) is 21.2. The van der Waals surface area contributed by atoms with Crippen LogP contribution in [0.2, 0.25) is 0 Å². The van der Waals surface area contributed by atoms with Gasteiger partial charge in [0.15, 0.2) is 0 Å². The molecule has 0 radical (unpaired) electrons. The van der Waals surface area contributed by atoms with E-state index in [1.165, 1.54) is 0 Å². The molecular weight excluding hydrogens is 200 g/mol. The van der Waals surface area contributed by atoms with Crippen LogP contribution in [0.3, 0.4) is 0 Å². The number of carbonyl (C=O) groups is 2. The molecule has 5 nitrogen and oxygen atoms in total. The van der Waals surface area contributed by atoms with Gasteiger partial charge in [-0.1, -0.05) is 13.3 Å². The first-order valence-corrected chi connectivity index (χ1v) is 4.82. The van der Waals surface area contributed by atoms with Crippen molar-refractivity contribution >= 4 is 11.9 Å². The molecule has 0 aromatic rings. The fourth-order valence-electron chi connectivity index (χ4n) is 1.07. The lowest BCUT2D eigenvalue weighted by Gasteiger charge is -2.14. The van der Waals surface area contributed by atoms with Crippen molar-refractivity contribution < 1.29 is 24.5 Å². The second-order valence-electron chi connectivity index (χ2n) is 3.03. The van der Waals surface area contributed by atoms with Gasteiger partial charge < -0.3 is 14.9 Å². The molecule has 0 saturated carbocycles. The van der Waals surface area contributed by atoms with Crippen molar-refractivity contribution in [2.24, 2.45) is 0 Å². The van der Waals surface area contributed by atoms with Gasteiger partial charge in [-0.05, 0) is 6.42 Å². The van der Waals surface area contributed by atoms with Gasteiger partial charge in [-0.3, -0.25) is 0 Å². The second kappa shape index (κ2) is 7.99. The zero-order valence-corrected chi connectivity index (χ0v) is 8.68. The minimum absolute atomic E-state index is 0.0550. The van der Waals surface area contributed by atoms with Crippen molar-refractivity contribution in [1.82, 2.24) is 0 Å². The monoisotopic (exact) mass is 216 g/mol. The van der Waals surface area contributed by atoms with Gasteiger partial charge in [0.1, 0.15) is 6.10 Å². The summed E-state index contributed by atoms with van der Waals surface area (Å²) < 4.78 is 4.93. The number of hydrogen-bond donors (Lipinski definition) is 2. The number of esters is 1. The average molecular weight is 216 g/mol. The van der Waals surface area contributed by atoms with Crippen molar-refractivity contribution in [3.05, 3.63) is 12.2 Å². The third-order valence-electron chi connectivity index (χ3n) is 1.71. The summed E-state index contributed by atoms with van der Waals surface area (Å²) in [5, 5.41) is 17.0. The SMILES string of the molecule is CCCC(CCO)OC(=O)C=CC(=O)O. The summed E-state index contributed by atoms with van der Waals surface area (Å²) in [6.45, 7) is 1.88. The van der Waals surface area contributed by atoms with E-state index < -0.39 is 11.9 Å². The molecule has 15 heavy (non-hydrogen) atoms. The van der Waals surface area contributed by atoms with Crippen LogP contribution in [0.1, 0.15) is 26.2 Å². The molecule has 0 amide bonds. The molecule has 0 rings (SSSR count). The van der Waals surface area contributed by atoms with Gasteiger partial charge in [0.2, 0.25) is 0 Å². The van der Waals surface area contributed by atoms with Crippen molar-refractivity contribution in [2.45, 2.75) is 32.3 Å². The lowest BCUT2D eigenvalue weighted by Crippen LogP contribution is -2.18. The number of rotatable bonds is 7. The molecule has 2 N–H and O–H groups in total. The predicted octanol–water partition coefficient (Wildman–Crippen LogP) is 0.721. The molecule has 1 unspecified atom stereocenters. The highest BCUT2D eigenvalue weighted by molar-refractivity contribution is 5.90. The predicted molar refractivity (Wildman–Crippen MR) is 53.3 cm³/mol. The van der Waals surface area contributed by atoms with Gasteiger partial charge in [-0.2, -0.15) is 0 Å². The number of aliphatic carboxylic acids is 1. The fourth-order valence-corrected chi connectivity index (χ4v) is 1.07. The molecule has 0 saturated heterocycles. The normalized spacial score (nSPS) is 12.7. The van der Waals surface area contributed by atoms with Crippen LogP contribution in [0.15, 0.2) is 12.2 Å². The standard InChI is InChI=1S/C10H16O5/c1-2-3-8(6-7-11)15-10(14)5-4-9(12)13/h4-5,8,11H,2-3,6-7H2,1H3,(H,12,13). The first-order chi connectivity index (χ1) is 7.10. The molecule has 0 fully saturated rings. The van der Waals surface area contributed by atoms with Crippen molar-refractivity contribution in [3.63, 3.8) is 0 Å². The van der Waals surface area contributed by atoms with Gasteiger partial charge in [-0.15, -0.1) is 0 Å². The van der Waals surface area contributed by atoms with E-state index in [0.717, 1.165) is 18.6 Å². The van der Waals surface area contributed by atoms with E-state index in [0.29, 0.717) is 12.8 Å². The Hall–Kier alpha value is -1.36. The molecule has 0 spiro atoms. The van der Waals surface area contributed by atoms with Crippen LogP contribution >= 0.6 is 0 Å². The molecule has 1 atom stereocenters.